The summed E-state index contributed by atoms with van der Waals surface area (Å²) in [6.45, 7) is 12.8. The minimum atomic E-state index is 0.432. The van der Waals surface area contributed by atoms with Crippen LogP contribution < -0.4 is 5.73 Å². The molecule has 0 fully saturated rings. The summed E-state index contributed by atoms with van der Waals surface area (Å²) in [6, 6.07) is 0. The molecule has 0 aliphatic rings. The third-order valence-corrected chi connectivity index (χ3v) is 1.02. The summed E-state index contributed by atoms with van der Waals surface area (Å²) in [5, 5.41) is 0. The average Bonchev–Trinajstić information content (AvgIpc) is 2.04. The molecule has 0 amide bonds. The van der Waals surface area contributed by atoms with Gasteiger partial charge in [0.1, 0.15) is 0 Å². The van der Waals surface area contributed by atoms with Crippen LogP contribution >= 0.6 is 0 Å². The van der Waals surface area contributed by atoms with E-state index in [9.17, 15) is 0 Å². The Labute approximate surface area is 70.4 Å². The van der Waals surface area contributed by atoms with Gasteiger partial charge in [0.05, 0.1) is 12.4 Å². The van der Waals surface area contributed by atoms with Crippen LogP contribution in [0.2, 0.25) is 0 Å². The van der Waals surface area contributed by atoms with E-state index in [0.717, 1.165) is 5.76 Å². The second-order valence-corrected chi connectivity index (χ2v) is 2.35. The van der Waals surface area contributed by atoms with Gasteiger partial charge in [-0.2, -0.15) is 0 Å². The Balaban J connectivity index is 0. The van der Waals surface area contributed by atoms with Gasteiger partial charge in [-0.3, -0.25) is 0 Å². The molecule has 0 aromatic carbocycles. The predicted octanol–water partition coefficient (Wildman–Crippen LogP) is 2.16. The van der Waals surface area contributed by atoms with E-state index in [4.69, 9.17) is 10.5 Å². The van der Waals surface area contributed by atoms with E-state index in [1.54, 1.807) is 0 Å². The maximum atomic E-state index is 5.35. The summed E-state index contributed by atoms with van der Waals surface area (Å²) in [6.07, 6.45) is 0. The molecule has 0 saturated carbocycles. The van der Waals surface area contributed by atoms with Gasteiger partial charge in [-0.1, -0.05) is 27.4 Å². The van der Waals surface area contributed by atoms with E-state index in [0.29, 0.717) is 19.1 Å². The summed E-state index contributed by atoms with van der Waals surface area (Å²) >= 11 is 0. The third-order valence-electron chi connectivity index (χ3n) is 1.02. The van der Waals surface area contributed by atoms with Crippen molar-refractivity contribution in [3.63, 3.8) is 0 Å². The van der Waals surface area contributed by atoms with E-state index >= 15 is 0 Å². The lowest BCUT2D eigenvalue weighted by molar-refractivity contribution is 0.178. The van der Waals surface area contributed by atoms with Crippen LogP contribution in [0, 0.1) is 5.92 Å². The predicted molar refractivity (Wildman–Crippen MR) is 50.3 cm³/mol. The highest BCUT2D eigenvalue weighted by Crippen LogP contribution is 1.96. The van der Waals surface area contributed by atoms with Crippen molar-refractivity contribution in [1.82, 2.24) is 0 Å². The third kappa shape index (κ3) is 12.6. The van der Waals surface area contributed by atoms with Crippen LogP contribution in [-0.4, -0.2) is 13.2 Å². The van der Waals surface area contributed by atoms with Crippen LogP contribution in [0.15, 0.2) is 12.3 Å². The highest BCUT2D eigenvalue weighted by atomic mass is 16.5. The lowest BCUT2D eigenvalue weighted by Crippen LogP contribution is -2.15. The minimum Gasteiger partial charge on any atom is -0.499 e. The Bertz CT molecular complexity index is 91.6. The first-order valence-corrected chi connectivity index (χ1v) is 4.15. The number of hydrogen-bond donors (Lipinski definition) is 1. The molecule has 11 heavy (non-hydrogen) atoms. The molecule has 68 valence electrons. The summed E-state index contributed by atoms with van der Waals surface area (Å²) in [4.78, 5) is 0. The van der Waals surface area contributed by atoms with Crippen molar-refractivity contribution < 1.29 is 4.74 Å². The van der Waals surface area contributed by atoms with Crippen molar-refractivity contribution in [2.24, 2.45) is 11.7 Å². The van der Waals surface area contributed by atoms with E-state index in [-0.39, 0.29) is 0 Å². The van der Waals surface area contributed by atoms with Crippen molar-refractivity contribution in [3.8, 4) is 0 Å². The summed E-state index contributed by atoms with van der Waals surface area (Å²) in [5.41, 5.74) is 5.35. The minimum absolute atomic E-state index is 0.432. The molecule has 1 unspecified atom stereocenters. The zero-order chi connectivity index (χ0) is 9.28. The van der Waals surface area contributed by atoms with Gasteiger partial charge in [-0.15, -0.1) is 0 Å². The number of hydrogen-bond acceptors (Lipinski definition) is 2. The Kier molecular flexibility index (Phi) is 11.3. The standard InChI is InChI=1S/C7H15NO.C2H6/c1-6(2)9-5-7(3)4-8;1-2/h7H,1,4-5,8H2,2-3H3;1-2H3. The zero-order valence-corrected chi connectivity index (χ0v) is 8.18. The molecule has 0 heterocycles. The van der Waals surface area contributed by atoms with E-state index < -0.39 is 0 Å². The molecule has 2 nitrogen and oxygen atoms in total. The van der Waals surface area contributed by atoms with E-state index in [2.05, 4.69) is 6.58 Å². The maximum absolute atomic E-state index is 5.35. The lowest BCUT2D eigenvalue weighted by atomic mass is 10.2. The maximum Gasteiger partial charge on any atom is 0.0914 e. The quantitative estimate of drug-likeness (QED) is 0.638. The van der Waals surface area contributed by atoms with Gasteiger partial charge in [0.2, 0.25) is 0 Å². The second-order valence-electron chi connectivity index (χ2n) is 2.35. The van der Waals surface area contributed by atoms with Crippen molar-refractivity contribution in [2.45, 2.75) is 27.7 Å². The highest BCUT2D eigenvalue weighted by Gasteiger charge is 1.97. The molecule has 0 rings (SSSR count). The molecule has 1 atom stereocenters. The molecular weight excluding hydrogens is 138 g/mol. The largest absolute Gasteiger partial charge is 0.499 e. The molecule has 0 aromatic heterocycles. The lowest BCUT2D eigenvalue weighted by Gasteiger charge is -2.09. The Hall–Kier alpha value is -0.500. The first kappa shape index (κ1) is 13.1. The van der Waals surface area contributed by atoms with Crippen LogP contribution in [-0.2, 0) is 4.74 Å². The van der Waals surface area contributed by atoms with E-state index in [1.165, 1.54) is 0 Å². The molecule has 0 aliphatic heterocycles. The Morgan fingerprint density at radius 2 is 2.00 bits per heavy atom. The highest BCUT2D eigenvalue weighted by molar-refractivity contribution is 4.73. The van der Waals surface area contributed by atoms with Crippen LogP contribution in [0.3, 0.4) is 0 Å². The topological polar surface area (TPSA) is 35.2 Å². The molecule has 2 heteroatoms. The van der Waals surface area contributed by atoms with Crippen LogP contribution in [0.4, 0.5) is 0 Å². The van der Waals surface area contributed by atoms with Crippen molar-refractivity contribution in [2.75, 3.05) is 13.2 Å². The molecule has 0 spiro atoms. The fourth-order valence-electron chi connectivity index (χ4n) is 0.353. The molecule has 2 N–H and O–H groups in total. The van der Waals surface area contributed by atoms with Crippen LogP contribution in [0.5, 0.6) is 0 Å². The van der Waals surface area contributed by atoms with Crippen molar-refractivity contribution in [3.05, 3.63) is 12.3 Å². The summed E-state index contributed by atoms with van der Waals surface area (Å²) in [7, 11) is 0. The Morgan fingerprint density at radius 1 is 1.55 bits per heavy atom. The molecule has 0 radical (unpaired) electrons. The van der Waals surface area contributed by atoms with Gasteiger partial charge in [-0.05, 0) is 13.5 Å². The monoisotopic (exact) mass is 159 g/mol. The summed E-state index contributed by atoms with van der Waals surface area (Å²) < 4.78 is 5.12. The number of nitrogens with two attached hydrogens (primary N) is 1. The van der Waals surface area contributed by atoms with Crippen molar-refractivity contribution in [1.29, 1.82) is 0 Å². The first-order chi connectivity index (χ1) is 5.16. The fraction of sp³-hybridized carbons (Fsp3) is 0.778. The van der Waals surface area contributed by atoms with Crippen LogP contribution in [0.1, 0.15) is 27.7 Å². The Morgan fingerprint density at radius 3 is 2.27 bits per heavy atom. The van der Waals surface area contributed by atoms with Crippen LogP contribution in [0.25, 0.3) is 0 Å². The van der Waals surface area contributed by atoms with Gasteiger partial charge in [0.25, 0.3) is 0 Å². The molecule has 0 bridgehead atoms. The molecular formula is C9H21NO. The fourth-order valence-corrected chi connectivity index (χ4v) is 0.353. The number of ether oxygens (including phenoxy) is 1. The molecule has 0 aliphatic carbocycles. The zero-order valence-electron chi connectivity index (χ0n) is 8.18. The van der Waals surface area contributed by atoms with Gasteiger partial charge in [0, 0.05) is 5.92 Å². The number of rotatable bonds is 4. The normalized spacial score (nSPS) is 11.0. The molecule has 0 saturated heterocycles. The van der Waals surface area contributed by atoms with E-state index in [1.807, 2.05) is 27.7 Å². The SMILES string of the molecule is C=C(C)OCC(C)CN.CC. The van der Waals surface area contributed by atoms with Gasteiger partial charge < -0.3 is 10.5 Å². The molecule has 0 aromatic rings. The van der Waals surface area contributed by atoms with Gasteiger partial charge in [-0.25, -0.2) is 0 Å². The average molecular weight is 159 g/mol. The van der Waals surface area contributed by atoms with Gasteiger partial charge >= 0.3 is 0 Å². The van der Waals surface area contributed by atoms with Gasteiger partial charge in [0.15, 0.2) is 0 Å². The number of allylic oxidation sites excluding steroid dienone is 1. The van der Waals surface area contributed by atoms with Crippen molar-refractivity contribution >= 4 is 0 Å². The summed E-state index contributed by atoms with van der Waals surface area (Å²) in [5.74, 6) is 1.19. The first-order valence-electron chi connectivity index (χ1n) is 4.15. The smallest absolute Gasteiger partial charge is 0.0914 e. The second kappa shape index (κ2) is 9.50.